The van der Waals surface area contributed by atoms with Crippen molar-refractivity contribution >= 4 is 11.5 Å². The summed E-state index contributed by atoms with van der Waals surface area (Å²) >= 11 is 0. The maximum atomic E-state index is 12.6. The van der Waals surface area contributed by atoms with E-state index in [-0.39, 0.29) is 28.8 Å². The Hall–Kier alpha value is -1.94. The third kappa shape index (κ3) is 3.77. The normalized spacial score (nSPS) is 38.5. The quantitative estimate of drug-likeness (QED) is 0.410. The number of nitrogens with zero attached hydrogens (tertiary/aromatic N) is 1. The highest BCUT2D eigenvalue weighted by molar-refractivity contribution is 5.76. The van der Waals surface area contributed by atoms with Crippen LogP contribution in [0.15, 0.2) is 42.3 Å². The van der Waals surface area contributed by atoms with Gasteiger partial charge in [0.05, 0.1) is 0 Å². The van der Waals surface area contributed by atoms with Crippen molar-refractivity contribution in [3.05, 3.63) is 47.8 Å². The van der Waals surface area contributed by atoms with Crippen LogP contribution in [0.25, 0.3) is 5.57 Å². The Morgan fingerprint density at radius 2 is 1.97 bits per heavy atom. The molecule has 2 N–H and O–H groups in total. The van der Waals surface area contributed by atoms with Crippen molar-refractivity contribution in [2.75, 3.05) is 0 Å². The van der Waals surface area contributed by atoms with Crippen LogP contribution in [0.5, 0.6) is 0 Å². The van der Waals surface area contributed by atoms with E-state index in [0.29, 0.717) is 5.92 Å². The van der Waals surface area contributed by atoms with Gasteiger partial charge in [-0.05, 0) is 90.2 Å². The van der Waals surface area contributed by atoms with Crippen molar-refractivity contribution in [3.63, 3.8) is 0 Å². The van der Waals surface area contributed by atoms with E-state index in [2.05, 4.69) is 50.0 Å². The van der Waals surface area contributed by atoms with Crippen LogP contribution in [-0.2, 0) is 9.53 Å². The largest absolute Gasteiger partial charge is 0.461 e. The van der Waals surface area contributed by atoms with Gasteiger partial charge in [0.2, 0.25) is 0 Å². The first-order valence-corrected chi connectivity index (χ1v) is 13.5. The summed E-state index contributed by atoms with van der Waals surface area (Å²) < 4.78 is 5.94. The second-order valence-corrected chi connectivity index (χ2v) is 12.0. The number of carbonyl (C=O) groups is 1. The van der Waals surface area contributed by atoms with Crippen LogP contribution in [0.1, 0.15) is 84.6 Å². The molecule has 34 heavy (non-hydrogen) atoms. The number of fused-ring (bicyclic) bond motifs is 5. The van der Waals surface area contributed by atoms with Crippen LogP contribution in [0, 0.1) is 34.5 Å². The Morgan fingerprint density at radius 1 is 1.18 bits per heavy atom. The number of pyridine rings is 1. The van der Waals surface area contributed by atoms with Crippen LogP contribution >= 0.6 is 0 Å². The molecule has 184 valence electrons. The number of nitrogens with two attached hydrogens (primary N) is 1. The fourth-order valence-electron chi connectivity index (χ4n) is 7.99. The van der Waals surface area contributed by atoms with Gasteiger partial charge in [-0.25, -0.2) is 0 Å². The highest BCUT2D eigenvalue weighted by Gasteiger charge is 2.57. The van der Waals surface area contributed by atoms with E-state index in [1.807, 2.05) is 19.3 Å². The zero-order chi connectivity index (χ0) is 24.1. The molecule has 0 radical (unpaired) electrons. The van der Waals surface area contributed by atoms with E-state index in [1.165, 1.54) is 36.0 Å². The van der Waals surface area contributed by atoms with Gasteiger partial charge < -0.3 is 10.5 Å². The summed E-state index contributed by atoms with van der Waals surface area (Å²) in [4.78, 5) is 17.0. The maximum absolute atomic E-state index is 12.6. The molecule has 4 heteroatoms. The fourth-order valence-corrected chi connectivity index (χ4v) is 7.99. The van der Waals surface area contributed by atoms with Gasteiger partial charge in [0, 0.05) is 18.8 Å². The minimum atomic E-state index is -0.511. The Morgan fingerprint density at radius 3 is 2.71 bits per heavy atom. The molecule has 4 aliphatic rings. The summed E-state index contributed by atoms with van der Waals surface area (Å²) in [6.07, 6.45) is 17.7. The highest BCUT2D eigenvalue weighted by Crippen LogP contribution is 2.66. The van der Waals surface area contributed by atoms with Crippen LogP contribution < -0.4 is 5.73 Å². The zero-order valence-corrected chi connectivity index (χ0v) is 21.4. The third-order valence-electron chi connectivity index (χ3n) is 10.4. The lowest BCUT2D eigenvalue weighted by atomic mass is 9.47. The summed E-state index contributed by atoms with van der Waals surface area (Å²) in [6, 6.07) is 3.79. The summed E-state index contributed by atoms with van der Waals surface area (Å²) in [5.41, 5.74) is 11.0. The molecule has 2 fully saturated rings. The standard InChI is InChI=1S/C30H42N2O2/c1-5-19(2)27(31)28(33)34-22-12-14-29(3)21(17-22)8-9-23-25-11-10-24(20-7-6-16-32-18-20)30(25,4)15-13-26(23)29/h6-8,10,16,18-19,22-23,25-27H,5,9,11-15,17,31H2,1-4H3/t19-,22?,23?,25?,26?,27+,29?,30?/m0/s1. The molecule has 1 aromatic heterocycles. The van der Waals surface area contributed by atoms with Crippen LogP contribution in [-0.4, -0.2) is 23.1 Å². The Labute approximate surface area is 205 Å². The van der Waals surface area contributed by atoms with E-state index in [1.54, 1.807) is 0 Å². The smallest absolute Gasteiger partial charge is 0.323 e. The molecule has 0 saturated heterocycles. The zero-order valence-electron chi connectivity index (χ0n) is 21.4. The molecular weight excluding hydrogens is 420 g/mol. The van der Waals surface area contributed by atoms with Crippen LogP contribution in [0.4, 0.5) is 0 Å². The summed E-state index contributed by atoms with van der Waals surface area (Å²) in [7, 11) is 0. The van der Waals surface area contributed by atoms with Gasteiger partial charge in [-0.1, -0.05) is 57.9 Å². The lowest BCUT2D eigenvalue weighted by Gasteiger charge is -2.57. The van der Waals surface area contributed by atoms with Crippen molar-refractivity contribution in [2.45, 2.75) is 91.2 Å². The number of aromatic nitrogens is 1. The predicted octanol–water partition coefficient (Wildman–Crippen LogP) is 6.32. The van der Waals surface area contributed by atoms with Crippen molar-refractivity contribution in [2.24, 2.45) is 40.2 Å². The number of rotatable bonds is 5. The van der Waals surface area contributed by atoms with E-state index in [0.717, 1.165) is 43.9 Å². The molecule has 5 rings (SSSR count). The minimum Gasteiger partial charge on any atom is -0.461 e. The maximum Gasteiger partial charge on any atom is 0.323 e. The first-order chi connectivity index (χ1) is 16.3. The van der Waals surface area contributed by atoms with Crippen molar-refractivity contribution in [3.8, 4) is 0 Å². The molecule has 0 amide bonds. The number of hydrogen-bond donors (Lipinski definition) is 1. The van der Waals surface area contributed by atoms with E-state index in [9.17, 15) is 4.79 Å². The lowest BCUT2D eigenvalue weighted by molar-refractivity contribution is -0.154. The average Bonchev–Trinajstić information content (AvgIpc) is 3.21. The number of carbonyl (C=O) groups excluding carboxylic acids is 1. The van der Waals surface area contributed by atoms with E-state index in [4.69, 9.17) is 10.5 Å². The fraction of sp³-hybridized carbons (Fsp3) is 0.667. The van der Waals surface area contributed by atoms with E-state index < -0.39 is 6.04 Å². The second kappa shape index (κ2) is 8.93. The number of allylic oxidation sites excluding steroid dienone is 3. The van der Waals surface area contributed by atoms with E-state index >= 15 is 0 Å². The molecular formula is C30H42N2O2. The van der Waals surface area contributed by atoms with Crippen molar-refractivity contribution < 1.29 is 9.53 Å². The van der Waals surface area contributed by atoms with Gasteiger partial charge in [0.25, 0.3) is 0 Å². The lowest BCUT2D eigenvalue weighted by Crippen LogP contribution is -2.50. The molecule has 1 heterocycles. The van der Waals surface area contributed by atoms with Gasteiger partial charge >= 0.3 is 5.97 Å². The third-order valence-corrected chi connectivity index (χ3v) is 10.4. The van der Waals surface area contributed by atoms with Crippen LogP contribution in [0.3, 0.4) is 0 Å². The minimum absolute atomic E-state index is 0.0160. The van der Waals surface area contributed by atoms with Crippen molar-refractivity contribution in [1.82, 2.24) is 4.98 Å². The molecule has 1 aromatic rings. The number of esters is 1. The SMILES string of the molecule is CC[C@H](C)[C@@H](N)C(=O)OC1CCC2(C)C(=CCC3C2CCC2(C)C(c4cccnc4)=CCC32)C1. The summed E-state index contributed by atoms with van der Waals surface area (Å²) in [5.74, 6) is 2.11. The van der Waals surface area contributed by atoms with Gasteiger partial charge in [0.15, 0.2) is 0 Å². The first kappa shape index (κ1) is 23.8. The number of hydrogen-bond acceptors (Lipinski definition) is 4. The highest BCUT2D eigenvalue weighted by atomic mass is 16.5. The monoisotopic (exact) mass is 462 g/mol. The van der Waals surface area contributed by atoms with Crippen molar-refractivity contribution in [1.29, 1.82) is 0 Å². The summed E-state index contributed by atoms with van der Waals surface area (Å²) in [6.45, 7) is 9.12. The number of ether oxygens (including phenoxy) is 1. The molecule has 2 saturated carbocycles. The average molecular weight is 463 g/mol. The Balaban J connectivity index is 1.31. The molecule has 4 nitrogen and oxygen atoms in total. The molecule has 0 bridgehead atoms. The molecule has 0 spiro atoms. The molecule has 0 aliphatic heterocycles. The Kier molecular flexibility index (Phi) is 6.25. The molecule has 8 atom stereocenters. The van der Waals surface area contributed by atoms with Gasteiger partial charge in [0.1, 0.15) is 12.1 Å². The second-order valence-electron chi connectivity index (χ2n) is 12.0. The van der Waals surface area contributed by atoms with Gasteiger partial charge in [-0.3, -0.25) is 9.78 Å². The molecule has 6 unspecified atom stereocenters. The van der Waals surface area contributed by atoms with Gasteiger partial charge in [-0.15, -0.1) is 0 Å². The summed E-state index contributed by atoms with van der Waals surface area (Å²) in [5, 5.41) is 0. The van der Waals surface area contributed by atoms with Gasteiger partial charge in [-0.2, -0.15) is 0 Å². The first-order valence-electron chi connectivity index (χ1n) is 13.5. The predicted molar refractivity (Wildman–Crippen MR) is 137 cm³/mol. The topological polar surface area (TPSA) is 65.2 Å². The molecule has 0 aromatic carbocycles. The van der Waals surface area contributed by atoms with Crippen LogP contribution in [0.2, 0.25) is 0 Å². The Bertz CT molecular complexity index is 985. The molecule has 4 aliphatic carbocycles.